The van der Waals surface area contributed by atoms with Crippen LogP contribution >= 0.6 is 0 Å². The van der Waals surface area contributed by atoms with Gasteiger partial charge in [-0.05, 0) is 12.0 Å². The van der Waals surface area contributed by atoms with Gasteiger partial charge in [-0.1, -0.05) is 13.8 Å². The van der Waals surface area contributed by atoms with E-state index in [2.05, 4.69) is 34.0 Å². The van der Waals surface area contributed by atoms with E-state index >= 15 is 0 Å². The second-order valence-electron chi connectivity index (χ2n) is 5.51. The number of anilines is 2. The summed E-state index contributed by atoms with van der Waals surface area (Å²) in [6.07, 6.45) is 1.78. The molecule has 6 nitrogen and oxygen atoms in total. The lowest BCUT2D eigenvalue weighted by Crippen LogP contribution is -2.48. The number of carbonyl (C=O) groups is 1. The summed E-state index contributed by atoms with van der Waals surface area (Å²) in [4.78, 5) is 24.2. The van der Waals surface area contributed by atoms with Crippen molar-refractivity contribution in [1.29, 1.82) is 0 Å². The predicted molar refractivity (Wildman–Crippen MR) is 79.8 cm³/mol. The van der Waals surface area contributed by atoms with E-state index in [0.717, 1.165) is 38.5 Å². The molecule has 1 saturated heterocycles. The minimum Gasteiger partial charge on any atom is -0.354 e. The lowest BCUT2D eigenvalue weighted by atomic mass is 10.2. The van der Waals surface area contributed by atoms with Crippen LogP contribution in [0.1, 0.15) is 20.8 Å². The first-order chi connectivity index (χ1) is 9.56. The molecular formula is C14H23N5O. The summed E-state index contributed by atoms with van der Waals surface area (Å²) in [5, 5.41) is 3.24. The number of hydrogen-bond donors (Lipinski definition) is 1. The number of rotatable bonds is 4. The van der Waals surface area contributed by atoms with Gasteiger partial charge in [-0.3, -0.25) is 4.79 Å². The van der Waals surface area contributed by atoms with Gasteiger partial charge in [0.1, 0.15) is 5.82 Å². The molecule has 1 N–H and O–H groups in total. The molecule has 0 bridgehead atoms. The maximum absolute atomic E-state index is 11.3. The number of nitrogens with one attached hydrogen (secondary N) is 1. The SMILES string of the molecule is CC(=O)N1CCN(c2ccnc(NCC(C)C)n2)CC1. The van der Waals surface area contributed by atoms with Crippen molar-refractivity contribution in [2.75, 3.05) is 42.9 Å². The van der Waals surface area contributed by atoms with Crippen LogP contribution in [0.25, 0.3) is 0 Å². The van der Waals surface area contributed by atoms with Crippen molar-refractivity contribution < 1.29 is 4.79 Å². The molecule has 2 rings (SSSR count). The summed E-state index contributed by atoms with van der Waals surface area (Å²) in [5.74, 6) is 2.30. The van der Waals surface area contributed by atoms with E-state index in [1.165, 1.54) is 0 Å². The van der Waals surface area contributed by atoms with Gasteiger partial charge in [0.25, 0.3) is 0 Å². The van der Waals surface area contributed by atoms with E-state index in [4.69, 9.17) is 0 Å². The van der Waals surface area contributed by atoms with Crippen LogP contribution in [0, 0.1) is 5.92 Å². The Labute approximate surface area is 120 Å². The third-order valence-corrected chi connectivity index (χ3v) is 3.36. The monoisotopic (exact) mass is 277 g/mol. The average molecular weight is 277 g/mol. The Morgan fingerprint density at radius 2 is 2.05 bits per heavy atom. The van der Waals surface area contributed by atoms with Gasteiger partial charge in [-0.25, -0.2) is 4.98 Å². The van der Waals surface area contributed by atoms with Crippen LogP contribution in [-0.2, 0) is 4.79 Å². The molecule has 0 saturated carbocycles. The quantitative estimate of drug-likeness (QED) is 0.896. The number of piperazine rings is 1. The fourth-order valence-corrected chi connectivity index (χ4v) is 2.16. The summed E-state index contributed by atoms with van der Waals surface area (Å²) in [5.41, 5.74) is 0. The highest BCUT2D eigenvalue weighted by molar-refractivity contribution is 5.73. The van der Waals surface area contributed by atoms with E-state index in [9.17, 15) is 4.79 Å². The molecule has 1 aromatic rings. The highest BCUT2D eigenvalue weighted by Crippen LogP contribution is 2.15. The Hall–Kier alpha value is -1.85. The third-order valence-electron chi connectivity index (χ3n) is 3.36. The van der Waals surface area contributed by atoms with Crippen molar-refractivity contribution in [3.8, 4) is 0 Å². The topological polar surface area (TPSA) is 61.4 Å². The number of nitrogens with zero attached hydrogens (tertiary/aromatic N) is 4. The van der Waals surface area contributed by atoms with Crippen molar-refractivity contribution in [1.82, 2.24) is 14.9 Å². The van der Waals surface area contributed by atoms with E-state index in [0.29, 0.717) is 11.9 Å². The van der Waals surface area contributed by atoms with Gasteiger partial charge in [0, 0.05) is 45.8 Å². The molecule has 1 amide bonds. The number of carbonyl (C=O) groups excluding carboxylic acids is 1. The number of amides is 1. The maximum atomic E-state index is 11.3. The molecule has 6 heteroatoms. The summed E-state index contributed by atoms with van der Waals surface area (Å²) in [6.45, 7) is 9.94. The number of aromatic nitrogens is 2. The Kier molecular flexibility index (Phi) is 4.76. The molecule has 1 aliphatic heterocycles. The van der Waals surface area contributed by atoms with Gasteiger partial charge >= 0.3 is 0 Å². The maximum Gasteiger partial charge on any atom is 0.224 e. The molecule has 20 heavy (non-hydrogen) atoms. The molecule has 0 radical (unpaired) electrons. The van der Waals surface area contributed by atoms with Crippen LogP contribution in [0.3, 0.4) is 0 Å². The predicted octanol–water partition coefficient (Wildman–Crippen LogP) is 1.21. The van der Waals surface area contributed by atoms with Gasteiger partial charge in [-0.2, -0.15) is 4.98 Å². The highest BCUT2D eigenvalue weighted by atomic mass is 16.2. The Morgan fingerprint density at radius 1 is 1.35 bits per heavy atom. The van der Waals surface area contributed by atoms with E-state index in [1.54, 1.807) is 13.1 Å². The molecule has 2 heterocycles. The summed E-state index contributed by atoms with van der Waals surface area (Å²) in [6, 6.07) is 1.92. The van der Waals surface area contributed by atoms with Crippen LogP contribution in [0.2, 0.25) is 0 Å². The van der Waals surface area contributed by atoms with Gasteiger partial charge < -0.3 is 15.1 Å². The van der Waals surface area contributed by atoms with Crippen LogP contribution in [0.5, 0.6) is 0 Å². The average Bonchev–Trinajstić information content (AvgIpc) is 2.45. The molecule has 0 atom stereocenters. The minimum absolute atomic E-state index is 0.145. The van der Waals surface area contributed by atoms with Crippen molar-refractivity contribution >= 4 is 17.7 Å². The molecule has 1 fully saturated rings. The molecule has 1 aliphatic rings. The second-order valence-corrected chi connectivity index (χ2v) is 5.51. The second kappa shape index (κ2) is 6.54. The highest BCUT2D eigenvalue weighted by Gasteiger charge is 2.19. The Balaban J connectivity index is 1.96. The van der Waals surface area contributed by atoms with Crippen molar-refractivity contribution in [3.05, 3.63) is 12.3 Å². The molecule has 0 aromatic carbocycles. The van der Waals surface area contributed by atoms with Crippen molar-refractivity contribution in [2.24, 2.45) is 5.92 Å². The Morgan fingerprint density at radius 3 is 2.65 bits per heavy atom. The van der Waals surface area contributed by atoms with E-state index in [-0.39, 0.29) is 5.91 Å². The fraction of sp³-hybridized carbons (Fsp3) is 0.643. The van der Waals surface area contributed by atoms with Crippen molar-refractivity contribution in [2.45, 2.75) is 20.8 Å². The minimum atomic E-state index is 0.145. The zero-order valence-electron chi connectivity index (χ0n) is 12.5. The fourth-order valence-electron chi connectivity index (χ4n) is 2.16. The lowest BCUT2D eigenvalue weighted by Gasteiger charge is -2.34. The summed E-state index contributed by atoms with van der Waals surface area (Å²) in [7, 11) is 0. The first-order valence-electron chi connectivity index (χ1n) is 7.13. The molecule has 0 unspecified atom stereocenters. The summed E-state index contributed by atoms with van der Waals surface area (Å²) < 4.78 is 0. The van der Waals surface area contributed by atoms with Crippen LogP contribution in [-0.4, -0.2) is 53.5 Å². The standard InChI is InChI=1S/C14H23N5O/c1-11(2)10-16-14-15-5-4-13(17-14)19-8-6-18(7-9-19)12(3)20/h4-5,11H,6-10H2,1-3H3,(H,15,16,17). The first-order valence-corrected chi connectivity index (χ1v) is 7.13. The lowest BCUT2D eigenvalue weighted by molar-refractivity contribution is -0.129. The smallest absolute Gasteiger partial charge is 0.224 e. The van der Waals surface area contributed by atoms with E-state index in [1.807, 2.05) is 11.0 Å². The van der Waals surface area contributed by atoms with Crippen LogP contribution < -0.4 is 10.2 Å². The van der Waals surface area contributed by atoms with Gasteiger partial charge in [0.2, 0.25) is 11.9 Å². The van der Waals surface area contributed by atoms with Crippen LogP contribution in [0.15, 0.2) is 12.3 Å². The zero-order chi connectivity index (χ0) is 14.5. The molecule has 110 valence electrons. The van der Waals surface area contributed by atoms with E-state index < -0.39 is 0 Å². The van der Waals surface area contributed by atoms with Crippen LogP contribution in [0.4, 0.5) is 11.8 Å². The molecule has 0 aliphatic carbocycles. The zero-order valence-corrected chi connectivity index (χ0v) is 12.5. The normalized spacial score (nSPS) is 15.6. The third kappa shape index (κ3) is 3.82. The Bertz CT molecular complexity index is 455. The molecule has 1 aromatic heterocycles. The summed E-state index contributed by atoms with van der Waals surface area (Å²) >= 11 is 0. The number of hydrogen-bond acceptors (Lipinski definition) is 5. The largest absolute Gasteiger partial charge is 0.354 e. The molecule has 0 spiro atoms. The van der Waals surface area contributed by atoms with Gasteiger partial charge in [0.15, 0.2) is 0 Å². The first kappa shape index (κ1) is 14.6. The van der Waals surface area contributed by atoms with Gasteiger partial charge in [0.05, 0.1) is 0 Å². The van der Waals surface area contributed by atoms with Gasteiger partial charge in [-0.15, -0.1) is 0 Å². The van der Waals surface area contributed by atoms with Crippen molar-refractivity contribution in [3.63, 3.8) is 0 Å². The molecular weight excluding hydrogens is 254 g/mol.